The smallest absolute Gasteiger partial charge is 0.161 e. The van der Waals surface area contributed by atoms with Crippen LogP contribution in [0.25, 0.3) is 0 Å². The van der Waals surface area contributed by atoms with Crippen LogP contribution in [0.5, 0.6) is 11.5 Å². The van der Waals surface area contributed by atoms with Crippen LogP contribution in [0.3, 0.4) is 0 Å². The zero-order valence-electron chi connectivity index (χ0n) is 12.8. The lowest BCUT2D eigenvalue weighted by molar-refractivity contribution is 0.287. The molecule has 0 aliphatic carbocycles. The Morgan fingerprint density at radius 3 is 2.33 bits per heavy atom. The molecule has 1 unspecified atom stereocenters. The molecule has 0 saturated heterocycles. The number of rotatable bonds is 9. The molecule has 6 nitrogen and oxygen atoms in total. The van der Waals surface area contributed by atoms with Gasteiger partial charge in [0.25, 0.3) is 0 Å². The van der Waals surface area contributed by atoms with Crippen molar-refractivity contribution in [3.8, 4) is 11.5 Å². The molecule has 1 rings (SSSR count). The molecule has 0 fully saturated rings. The van der Waals surface area contributed by atoms with Gasteiger partial charge in [-0.25, -0.2) is 8.42 Å². The summed E-state index contributed by atoms with van der Waals surface area (Å²) in [7, 11) is -3.03. The first-order valence-corrected chi connectivity index (χ1v) is 9.00. The highest BCUT2D eigenvalue weighted by Crippen LogP contribution is 2.31. The van der Waals surface area contributed by atoms with Crippen molar-refractivity contribution in [2.45, 2.75) is 26.3 Å². The molecule has 0 amide bonds. The highest BCUT2D eigenvalue weighted by Gasteiger charge is 2.15. The van der Waals surface area contributed by atoms with E-state index in [0.717, 1.165) is 5.56 Å². The molecule has 1 aromatic rings. The van der Waals surface area contributed by atoms with Gasteiger partial charge in [-0.3, -0.25) is 11.3 Å². The number of hydrazine groups is 1. The van der Waals surface area contributed by atoms with Gasteiger partial charge in [0.1, 0.15) is 9.84 Å². The molecule has 0 radical (unpaired) electrons. The van der Waals surface area contributed by atoms with E-state index in [1.807, 2.05) is 32.0 Å². The van der Waals surface area contributed by atoms with Crippen LogP contribution in [-0.2, 0) is 9.84 Å². The molecule has 21 heavy (non-hydrogen) atoms. The van der Waals surface area contributed by atoms with E-state index in [0.29, 0.717) is 31.1 Å². The summed E-state index contributed by atoms with van der Waals surface area (Å²) in [5.41, 5.74) is 3.52. The number of hydrogen-bond acceptors (Lipinski definition) is 6. The first-order chi connectivity index (χ1) is 9.91. The Labute approximate surface area is 126 Å². The minimum absolute atomic E-state index is 0.0685. The number of benzene rings is 1. The van der Waals surface area contributed by atoms with Crippen molar-refractivity contribution in [3.05, 3.63) is 23.8 Å². The summed E-state index contributed by atoms with van der Waals surface area (Å²) in [6, 6.07) is 5.26. The van der Waals surface area contributed by atoms with Crippen molar-refractivity contribution in [2.75, 3.05) is 25.2 Å². The molecule has 0 aliphatic rings. The van der Waals surface area contributed by atoms with Crippen LogP contribution in [-0.4, -0.2) is 33.6 Å². The maximum atomic E-state index is 11.3. The van der Waals surface area contributed by atoms with Crippen molar-refractivity contribution in [1.82, 2.24) is 5.43 Å². The minimum Gasteiger partial charge on any atom is -0.490 e. The first kappa shape index (κ1) is 17.7. The molecular formula is C14H24N2O4S. The molecule has 0 aliphatic heterocycles. The second-order valence-corrected chi connectivity index (χ2v) is 6.97. The van der Waals surface area contributed by atoms with E-state index in [-0.39, 0.29) is 11.8 Å². The monoisotopic (exact) mass is 316 g/mol. The quantitative estimate of drug-likeness (QED) is 0.529. The second kappa shape index (κ2) is 8.21. The van der Waals surface area contributed by atoms with Crippen LogP contribution < -0.4 is 20.7 Å². The third-order valence-electron chi connectivity index (χ3n) is 2.95. The van der Waals surface area contributed by atoms with Gasteiger partial charge in [-0.2, -0.15) is 0 Å². The topological polar surface area (TPSA) is 90.7 Å². The van der Waals surface area contributed by atoms with Crippen LogP contribution in [0.2, 0.25) is 0 Å². The molecule has 0 spiro atoms. The van der Waals surface area contributed by atoms with Crippen LogP contribution in [0.4, 0.5) is 0 Å². The Hall–Kier alpha value is -1.31. The van der Waals surface area contributed by atoms with E-state index in [1.54, 1.807) is 0 Å². The molecule has 0 saturated carbocycles. The Bertz CT molecular complexity index is 546. The Kier molecular flexibility index (Phi) is 6.94. The van der Waals surface area contributed by atoms with Gasteiger partial charge in [-0.05, 0) is 38.0 Å². The summed E-state index contributed by atoms with van der Waals surface area (Å²) in [6.45, 7) is 4.87. The van der Waals surface area contributed by atoms with Gasteiger partial charge in [-0.1, -0.05) is 6.07 Å². The van der Waals surface area contributed by atoms with E-state index in [4.69, 9.17) is 15.3 Å². The van der Waals surface area contributed by atoms with E-state index < -0.39 is 9.84 Å². The van der Waals surface area contributed by atoms with E-state index in [1.165, 1.54) is 6.26 Å². The molecular weight excluding hydrogens is 292 g/mol. The highest BCUT2D eigenvalue weighted by atomic mass is 32.2. The summed E-state index contributed by atoms with van der Waals surface area (Å²) < 4.78 is 33.6. The van der Waals surface area contributed by atoms with Gasteiger partial charge in [0, 0.05) is 12.3 Å². The van der Waals surface area contributed by atoms with Crippen LogP contribution in [0, 0.1) is 0 Å². The third kappa shape index (κ3) is 5.91. The Morgan fingerprint density at radius 1 is 1.19 bits per heavy atom. The van der Waals surface area contributed by atoms with Crippen molar-refractivity contribution >= 4 is 9.84 Å². The lowest BCUT2D eigenvalue weighted by Gasteiger charge is -2.18. The predicted octanol–water partition coefficient (Wildman–Crippen LogP) is 1.42. The van der Waals surface area contributed by atoms with Crippen LogP contribution in [0.15, 0.2) is 18.2 Å². The summed E-state index contributed by atoms with van der Waals surface area (Å²) >= 11 is 0. The summed E-state index contributed by atoms with van der Waals surface area (Å²) in [6.07, 6.45) is 1.61. The predicted molar refractivity (Wildman–Crippen MR) is 83.2 cm³/mol. The number of ether oxygens (including phenoxy) is 2. The van der Waals surface area contributed by atoms with Gasteiger partial charge in [0.2, 0.25) is 0 Å². The third-order valence-corrected chi connectivity index (χ3v) is 3.93. The fourth-order valence-corrected chi connectivity index (χ4v) is 2.63. The van der Waals surface area contributed by atoms with Gasteiger partial charge >= 0.3 is 0 Å². The van der Waals surface area contributed by atoms with Crippen molar-refractivity contribution in [3.63, 3.8) is 0 Å². The van der Waals surface area contributed by atoms with Crippen molar-refractivity contribution in [1.29, 1.82) is 0 Å². The fraction of sp³-hybridized carbons (Fsp3) is 0.571. The SMILES string of the molecule is CCOc1ccc(C(CCS(C)(=O)=O)NN)cc1OCC. The minimum atomic E-state index is -3.03. The number of hydrogen-bond donors (Lipinski definition) is 2. The molecule has 1 atom stereocenters. The second-order valence-electron chi connectivity index (χ2n) is 4.71. The average molecular weight is 316 g/mol. The largest absolute Gasteiger partial charge is 0.490 e. The van der Waals surface area contributed by atoms with Gasteiger partial charge in [-0.15, -0.1) is 0 Å². The average Bonchev–Trinajstić information content (AvgIpc) is 2.41. The maximum absolute atomic E-state index is 11.3. The molecule has 7 heteroatoms. The van der Waals surface area contributed by atoms with Gasteiger partial charge in [0.15, 0.2) is 11.5 Å². The number of nitrogens with one attached hydrogen (secondary N) is 1. The van der Waals surface area contributed by atoms with Crippen LogP contribution in [0.1, 0.15) is 31.9 Å². The van der Waals surface area contributed by atoms with E-state index >= 15 is 0 Å². The highest BCUT2D eigenvalue weighted by molar-refractivity contribution is 7.90. The van der Waals surface area contributed by atoms with Crippen molar-refractivity contribution in [2.24, 2.45) is 5.84 Å². The molecule has 0 heterocycles. The lowest BCUT2D eigenvalue weighted by Crippen LogP contribution is -2.29. The molecule has 3 N–H and O–H groups in total. The number of sulfone groups is 1. The zero-order valence-corrected chi connectivity index (χ0v) is 13.6. The van der Waals surface area contributed by atoms with Crippen LogP contribution >= 0.6 is 0 Å². The standard InChI is InChI=1S/C14H24N2O4S/c1-4-19-13-7-6-11(10-14(13)20-5-2)12(16-15)8-9-21(3,17)18/h6-7,10,12,16H,4-5,8-9,15H2,1-3H3. The maximum Gasteiger partial charge on any atom is 0.161 e. The normalized spacial score (nSPS) is 13.0. The first-order valence-electron chi connectivity index (χ1n) is 6.94. The van der Waals surface area contributed by atoms with E-state index in [2.05, 4.69) is 5.43 Å². The van der Waals surface area contributed by atoms with Gasteiger partial charge < -0.3 is 9.47 Å². The Morgan fingerprint density at radius 2 is 1.81 bits per heavy atom. The molecule has 0 aromatic heterocycles. The Balaban J connectivity index is 2.96. The molecule has 0 bridgehead atoms. The van der Waals surface area contributed by atoms with Gasteiger partial charge in [0.05, 0.1) is 19.0 Å². The number of nitrogens with two attached hydrogens (primary N) is 1. The molecule has 120 valence electrons. The molecule has 1 aromatic carbocycles. The van der Waals surface area contributed by atoms with Crippen molar-refractivity contribution < 1.29 is 17.9 Å². The summed E-state index contributed by atoms with van der Waals surface area (Å²) in [5.74, 6) is 6.91. The lowest BCUT2D eigenvalue weighted by atomic mass is 10.0. The van der Waals surface area contributed by atoms with E-state index in [9.17, 15) is 8.42 Å². The zero-order chi connectivity index (χ0) is 15.9. The summed E-state index contributed by atoms with van der Waals surface area (Å²) in [4.78, 5) is 0. The summed E-state index contributed by atoms with van der Waals surface area (Å²) in [5, 5.41) is 0. The fourth-order valence-electron chi connectivity index (χ4n) is 1.96.